The van der Waals surface area contributed by atoms with E-state index in [0.29, 0.717) is 43.4 Å². The van der Waals surface area contributed by atoms with E-state index in [1.54, 1.807) is 33.8 Å². The number of benzene rings is 2. The quantitative estimate of drug-likeness (QED) is 0.434. The summed E-state index contributed by atoms with van der Waals surface area (Å²) in [6, 6.07) is 13.6. The van der Waals surface area contributed by atoms with Crippen LogP contribution in [0.5, 0.6) is 0 Å². The second-order valence-corrected chi connectivity index (χ2v) is 8.50. The molecule has 1 saturated heterocycles. The van der Waals surface area contributed by atoms with Crippen LogP contribution in [0, 0.1) is 5.82 Å². The summed E-state index contributed by atoms with van der Waals surface area (Å²) in [5, 5.41) is 8.69. The average Bonchev–Trinajstić information content (AvgIpc) is 3.26. The minimum absolute atomic E-state index is 0.116. The molecule has 5 rings (SSSR count). The Morgan fingerprint density at radius 2 is 1.71 bits per heavy atom. The maximum absolute atomic E-state index is 13.2. The van der Waals surface area contributed by atoms with Crippen LogP contribution in [0.3, 0.4) is 0 Å². The highest BCUT2D eigenvalue weighted by molar-refractivity contribution is 6.30. The third-order valence-electron chi connectivity index (χ3n) is 5.87. The molecular weight excluding hydrogens is 461 g/mol. The average molecular weight is 482 g/mol. The number of piperazine rings is 1. The molecular formula is C23H21ClFN7O2. The van der Waals surface area contributed by atoms with Crippen molar-refractivity contribution in [2.75, 3.05) is 31.1 Å². The summed E-state index contributed by atoms with van der Waals surface area (Å²) in [5.41, 5.74) is 1.92. The van der Waals surface area contributed by atoms with Crippen LogP contribution in [0.4, 0.5) is 10.1 Å². The minimum atomic E-state index is -0.411. The highest BCUT2D eigenvalue weighted by Crippen LogP contribution is 2.17. The molecule has 0 atom stereocenters. The van der Waals surface area contributed by atoms with Crippen molar-refractivity contribution in [2.45, 2.75) is 13.1 Å². The lowest BCUT2D eigenvalue weighted by atomic mass is 10.2. The zero-order chi connectivity index (χ0) is 23.7. The molecule has 1 fully saturated rings. The van der Waals surface area contributed by atoms with Gasteiger partial charge in [-0.3, -0.25) is 14.2 Å². The summed E-state index contributed by atoms with van der Waals surface area (Å²) in [7, 11) is 0. The second-order valence-electron chi connectivity index (χ2n) is 8.07. The molecule has 0 bridgehead atoms. The van der Waals surface area contributed by atoms with Crippen LogP contribution >= 0.6 is 11.6 Å². The molecule has 0 N–H and O–H groups in total. The Labute approximate surface area is 199 Å². The number of aromatic nitrogens is 5. The van der Waals surface area contributed by atoms with Gasteiger partial charge in [-0.1, -0.05) is 28.9 Å². The number of anilines is 1. The molecule has 2 aromatic carbocycles. The fourth-order valence-electron chi connectivity index (χ4n) is 3.98. The highest BCUT2D eigenvalue weighted by Gasteiger charge is 2.22. The van der Waals surface area contributed by atoms with Crippen molar-refractivity contribution < 1.29 is 9.18 Å². The van der Waals surface area contributed by atoms with Gasteiger partial charge < -0.3 is 9.80 Å². The van der Waals surface area contributed by atoms with Crippen molar-refractivity contribution in [1.29, 1.82) is 0 Å². The number of fused-ring (bicyclic) bond motifs is 1. The lowest BCUT2D eigenvalue weighted by molar-refractivity contribution is -0.132. The number of hydrogen-bond donors (Lipinski definition) is 0. The van der Waals surface area contributed by atoms with Gasteiger partial charge in [-0.2, -0.15) is 0 Å². The third-order valence-corrected chi connectivity index (χ3v) is 6.12. The summed E-state index contributed by atoms with van der Waals surface area (Å²) in [5.74, 6) is -0.450. The molecule has 1 aliphatic rings. The largest absolute Gasteiger partial charge is 0.368 e. The standard InChI is InChI=1S/C23H21ClFN7O2/c24-17-3-1-16(2-4-17)13-32-22-21(27-28-32)23(34)31(15-26-22)14-20(33)30-11-9-29(10-12-30)19-7-5-18(25)6-8-19/h1-8,15H,9-14H2. The molecule has 174 valence electrons. The number of nitrogens with zero attached hydrogens (tertiary/aromatic N) is 7. The van der Waals surface area contributed by atoms with E-state index in [0.717, 1.165) is 11.3 Å². The molecule has 9 nitrogen and oxygen atoms in total. The van der Waals surface area contributed by atoms with Crippen molar-refractivity contribution in [1.82, 2.24) is 29.4 Å². The van der Waals surface area contributed by atoms with Crippen LogP contribution in [-0.4, -0.2) is 61.5 Å². The first kappa shape index (κ1) is 22.0. The van der Waals surface area contributed by atoms with Crippen molar-refractivity contribution in [3.8, 4) is 0 Å². The molecule has 34 heavy (non-hydrogen) atoms. The van der Waals surface area contributed by atoms with Crippen molar-refractivity contribution in [3.05, 3.63) is 81.6 Å². The molecule has 0 unspecified atom stereocenters. The summed E-state index contributed by atoms with van der Waals surface area (Å²) in [6.07, 6.45) is 1.36. The van der Waals surface area contributed by atoms with Crippen LogP contribution < -0.4 is 10.5 Å². The van der Waals surface area contributed by atoms with E-state index in [9.17, 15) is 14.0 Å². The van der Waals surface area contributed by atoms with Crippen LogP contribution in [0.25, 0.3) is 11.2 Å². The van der Waals surface area contributed by atoms with Crippen molar-refractivity contribution in [3.63, 3.8) is 0 Å². The fourth-order valence-corrected chi connectivity index (χ4v) is 4.11. The van der Waals surface area contributed by atoms with E-state index in [-0.39, 0.29) is 23.8 Å². The number of carbonyl (C=O) groups excluding carboxylic acids is 1. The first-order chi connectivity index (χ1) is 16.5. The van der Waals surface area contributed by atoms with E-state index in [2.05, 4.69) is 20.2 Å². The first-order valence-electron chi connectivity index (χ1n) is 10.8. The van der Waals surface area contributed by atoms with Crippen molar-refractivity contribution in [2.24, 2.45) is 0 Å². The summed E-state index contributed by atoms with van der Waals surface area (Å²) >= 11 is 5.93. The van der Waals surface area contributed by atoms with Gasteiger partial charge in [0.05, 0.1) is 6.54 Å². The van der Waals surface area contributed by atoms with E-state index in [1.165, 1.54) is 23.0 Å². The van der Waals surface area contributed by atoms with Crippen LogP contribution in [0.2, 0.25) is 5.02 Å². The number of hydrogen-bond acceptors (Lipinski definition) is 6. The molecule has 4 aromatic rings. The van der Waals surface area contributed by atoms with Crippen LogP contribution in [0.15, 0.2) is 59.7 Å². The summed E-state index contributed by atoms with van der Waals surface area (Å²) in [6.45, 7) is 2.55. The predicted molar refractivity (Wildman–Crippen MR) is 125 cm³/mol. The van der Waals surface area contributed by atoms with E-state index >= 15 is 0 Å². The number of rotatable bonds is 5. The Kier molecular flexibility index (Phi) is 5.97. The maximum atomic E-state index is 13.2. The van der Waals surface area contributed by atoms with Gasteiger partial charge in [-0.15, -0.1) is 5.10 Å². The maximum Gasteiger partial charge on any atom is 0.283 e. The predicted octanol–water partition coefficient (Wildman–Crippen LogP) is 2.18. The van der Waals surface area contributed by atoms with Gasteiger partial charge in [0.1, 0.15) is 18.7 Å². The Morgan fingerprint density at radius 3 is 2.41 bits per heavy atom. The van der Waals surface area contributed by atoms with Gasteiger partial charge in [-0.25, -0.2) is 14.1 Å². The van der Waals surface area contributed by atoms with E-state index < -0.39 is 5.56 Å². The highest BCUT2D eigenvalue weighted by atomic mass is 35.5. The summed E-state index contributed by atoms with van der Waals surface area (Å²) < 4.78 is 16.0. The summed E-state index contributed by atoms with van der Waals surface area (Å²) in [4.78, 5) is 33.9. The Balaban J connectivity index is 1.25. The molecule has 3 heterocycles. The molecule has 1 aliphatic heterocycles. The Bertz CT molecular complexity index is 1380. The number of halogens is 2. The lowest BCUT2D eigenvalue weighted by Crippen LogP contribution is -2.50. The normalized spacial score (nSPS) is 14.1. The number of carbonyl (C=O) groups is 1. The van der Waals surface area contributed by atoms with Gasteiger partial charge >= 0.3 is 0 Å². The van der Waals surface area contributed by atoms with Gasteiger partial charge in [-0.05, 0) is 42.0 Å². The molecule has 0 spiro atoms. The van der Waals surface area contributed by atoms with Gasteiger partial charge in [0, 0.05) is 36.9 Å². The molecule has 2 aromatic heterocycles. The van der Waals surface area contributed by atoms with Gasteiger partial charge in [0.25, 0.3) is 5.56 Å². The Morgan fingerprint density at radius 1 is 1.00 bits per heavy atom. The molecule has 1 amide bonds. The SMILES string of the molecule is O=C(Cn1cnc2c(nnn2Cc2ccc(Cl)cc2)c1=O)N1CCN(c2ccc(F)cc2)CC1. The fraction of sp³-hybridized carbons (Fsp3) is 0.261. The third kappa shape index (κ3) is 4.49. The zero-order valence-electron chi connectivity index (χ0n) is 18.1. The molecule has 0 saturated carbocycles. The molecule has 11 heteroatoms. The van der Waals surface area contributed by atoms with Crippen LogP contribution in [-0.2, 0) is 17.9 Å². The zero-order valence-corrected chi connectivity index (χ0v) is 18.9. The smallest absolute Gasteiger partial charge is 0.283 e. The topological polar surface area (TPSA) is 89.1 Å². The van der Waals surface area contributed by atoms with Gasteiger partial charge in [0.15, 0.2) is 11.2 Å². The second kappa shape index (κ2) is 9.22. The monoisotopic (exact) mass is 481 g/mol. The van der Waals surface area contributed by atoms with Crippen LogP contribution in [0.1, 0.15) is 5.56 Å². The first-order valence-corrected chi connectivity index (χ1v) is 11.2. The van der Waals surface area contributed by atoms with Gasteiger partial charge in [0.2, 0.25) is 5.91 Å². The van der Waals surface area contributed by atoms with E-state index in [1.807, 2.05) is 12.1 Å². The number of amides is 1. The minimum Gasteiger partial charge on any atom is -0.368 e. The van der Waals surface area contributed by atoms with E-state index in [4.69, 9.17) is 11.6 Å². The molecule has 0 aliphatic carbocycles. The van der Waals surface area contributed by atoms with Crippen molar-refractivity contribution >= 4 is 34.4 Å². The molecule has 0 radical (unpaired) electrons. The Hall–Kier alpha value is -3.79. The lowest BCUT2D eigenvalue weighted by Gasteiger charge is -2.36.